The maximum absolute atomic E-state index is 14.6. The van der Waals surface area contributed by atoms with Gasteiger partial charge in [-0.05, 0) is 36.6 Å². The molecule has 11 heteroatoms. The Morgan fingerprint density at radius 1 is 1.26 bits per heavy atom. The zero-order valence-electron chi connectivity index (χ0n) is 16.0. The molecule has 4 heterocycles. The second-order valence-corrected chi connectivity index (χ2v) is 7.47. The van der Waals surface area contributed by atoms with Gasteiger partial charge in [-0.25, -0.2) is 9.37 Å². The highest BCUT2D eigenvalue weighted by molar-refractivity contribution is 7.13. The first-order chi connectivity index (χ1) is 15.1. The number of H-pyrrole nitrogens is 1. The molecule has 0 saturated carbocycles. The number of nitrogens with zero attached hydrogens (tertiary/aromatic N) is 5. The third-order valence-electron chi connectivity index (χ3n) is 4.46. The van der Waals surface area contributed by atoms with Crippen molar-refractivity contribution in [1.29, 1.82) is 0 Å². The van der Waals surface area contributed by atoms with Crippen molar-refractivity contribution in [2.24, 2.45) is 0 Å². The van der Waals surface area contributed by atoms with Crippen LogP contribution >= 0.6 is 11.3 Å². The first-order valence-corrected chi connectivity index (χ1v) is 10.0. The van der Waals surface area contributed by atoms with Crippen molar-refractivity contribution in [1.82, 2.24) is 29.8 Å². The largest absolute Gasteiger partial charge is 0.433 e. The molecule has 0 aliphatic rings. The van der Waals surface area contributed by atoms with Gasteiger partial charge in [0.1, 0.15) is 5.82 Å². The molecule has 5 aromatic rings. The maximum atomic E-state index is 14.6. The minimum atomic E-state index is -0.667. The normalized spacial score (nSPS) is 11.0. The van der Waals surface area contributed by atoms with Crippen LogP contribution in [0, 0.1) is 12.7 Å². The van der Waals surface area contributed by atoms with Crippen LogP contribution in [0.1, 0.15) is 16.3 Å². The highest BCUT2D eigenvalue weighted by atomic mass is 32.1. The Labute approximate surface area is 178 Å². The van der Waals surface area contributed by atoms with Gasteiger partial charge in [-0.1, -0.05) is 6.07 Å². The van der Waals surface area contributed by atoms with Gasteiger partial charge in [0, 0.05) is 24.1 Å². The molecule has 0 unspecified atom stereocenters. The SMILES string of the molecule is Cc1nnc2c(Oc3ccc(NC(=O)c4cc(-c5cccs5)[nH]n4)cc3F)nccn12. The summed E-state index contributed by atoms with van der Waals surface area (Å²) < 4.78 is 21.9. The molecule has 4 aromatic heterocycles. The number of aryl methyl sites for hydroxylation is 1. The number of hydrogen-bond donors (Lipinski definition) is 2. The highest BCUT2D eigenvalue weighted by Gasteiger charge is 2.15. The molecule has 0 aliphatic heterocycles. The monoisotopic (exact) mass is 435 g/mol. The lowest BCUT2D eigenvalue weighted by Crippen LogP contribution is -2.12. The van der Waals surface area contributed by atoms with E-state index in [0.29, 0.717) is 11.5 Å². The number of fused-ring (bicyclic) bond motifs is 1. The summed E-state index contributed by atoms with van der Waals surface area (Å²) in [6.07, 6.45) is 3.20. The second kappa shape index (κ2) is 7.61. The number of hydrogen-bond acceptors (Lipinski definition) is 7. The van der Waals surface area contributed by atoms with E-state index in [9.17, 15) is 9.18 Å². The van der Waals surface area contributed by atoms with Crippen LogP contribution in [-0.4, -0.2) is 35.7 Å². The van der Waals surface area contributed by atoms with Crippen LogP contribution in [0.2, 0.25) is 0 Å². The Hall–Kier alpha value is -4.12. The maximum Gasteiger partial charge on any atom is 0.276 e. The summed E-state index contributed by atoms with van der Waals surface area (Å²) in [6, 6.07) is 9.56. The van der Waals surface area contributed by atoms with E-state index in [1.165, 1.54) is 29.7 Å². The number of thiophene rings is 1. The number of anilines is 1. The number of benzene rings is 1. The number of halogens is 1. The molecule has 0 aliphatic carbocycles. The molecular weight excluding hydrogens is 421 g/mol. The van der Waals surface area contributed by atoms with E-state index in [-0.39, 0.29) is 23.0 Å². The van der Waals surface area contributed by atoms with Crippen LogP contribution in [0.3, 0.4) is 0 Å². The van der Waals surface area contributed by atoms with Crippen LogP contribution in [0.25, 0.3) is 16.2 Å². The minimum Gasteiger partial charge on any atom is -0.433 e. The molecule has 0 saturated heterocycles. The Bertz CT molecular complexity index is 1390. The van der Waals surface area contributed by atoms with E-state index in [4.69, 9.17) is 4.74 Å². The zero-order chi connectivity index (χ0) is 21.4. The van der Waals surface area contributed by atoms with Crippen LogP contribution in [0.15, 0.2) is 54.2 Å². The Balaban J connectivity index is 1.33. The van der Waals surface area contributed by atoms with Crippen LogP contribution < -0.4 is 10.1 Å². The van der Waals surface area contributed by atoms with Gasteiger partial charge in [0.15, 0.2) is 17.3 Å². The van der Waals surface area contributed by atoms with Crippen LogP contribution in [0.5, 0.6) is 11.6 Å². The summed E-state index contributed by atoms with van der Waals surface area (Å²) in [5.41, 5.74) is 1.57. The Morgan fingerprint density at radius 2 is 2.16 bits per heavy atom. The molecule has 1 aromatic carbocycles. The topological polar surface area (TPSA) is 110 Å². The summed E-state index contributed by atoms with van der Waals surface area (Å²) in [5, 5.41) is 19.4. The van der Waals surface area contributed by atoms with Gasteiger partial charge in [0.25, 0.3) is 11.8 Å². The molecule has 0 bridgehead atoms. The fourth-order valence-electron chi connectivity index (χ4n) is 2.95. The lowest BCUT2D eigenvalue weighted by Gasteiger charge is -2.09. The number of aromatic amines is 1. The lowest BCUT2D eigenvalue weighted by atomic mass is 10.2. The van der Waals surface area contributed by atoms with Crippen LogP contribution in [-0.2, 0) is 0 Å². The highest BCUT2D eigenvalue weighted by Crippen LogP contribution is 2.28. The predicted molar refractivity (Wildman–Crippen MR) is 112 cm³/mol. The molecule has 1 amide bonds. The molecule has 0 atom stereocenters. The van der Waals surface area contributed by atoms with E-state index < -0.39 is 11.7 Å². The number of amides is 1. The summed E-state index contributed by atoms with van der Waals surface area (Å²) in [7, 11) is 0. The van der Waals surface area contributed by atoms with Gasteiger partial charge >= 0.3 is 0 Å². The number of nitrogens with one attached hydrogen (secondary N) is 2. The van der Waals surface area contributed by atoms with Crippen molar-refractivity contribution in [2.45, 2.75) is 6.92 Å². The molecule has 0 fully saturated rings. The number of carbonyl (C=O) groups is 1. The van der Waals surface area contributed by atoms with Crippen molar-refractivity contribution in [2.75, 3.05) is 5.32 Å². The number of aromatic nitrogens is 6. The average Bonchev–Trinajstić information content (AvgIpc) is 3.51. The van der Waals surface area contributed by atoms with Crippen molar-refractivity contribution < 1.29 is 13.9 Å². The summed E-state index contributed by atoms with van der Waals surface area (Å²) in [5.74, 6) is -0.409. The van der Waals surface area contributed by atoms with Crippen molar-refractivity contribution >= 4 is 28.6 Å². The van der Waals surface area contributed by atoms with Crippen LogP contribution in [0.4, 0.5) is 10.1 Å². The number of carbonyl (C=O) groups excluding carboxylic acids is 1. The quantitative estimate of drug-likeness (QED) is 0.431. The second-order valence-electron chi connectivity index (χ2n) is 6.52. The lowest BCUT2D eigenvalue weighted by molar-refractivity contribution is 0.102. The minimum absolute atomic E-state index is 0.0565. The third kappa shape index (κ3) is 3.62. The van der Waals surface area contributed by atoms with Gasteiger partial charge in [-0.2, -0.15) is 5.10 Å². The van der Waals surface area contributed by atoms with E-state index in [1.54, 1.807) is 23.6 Å². The van der Waals surface area contributed by atoms with E-state index in [1.807, 2.05) is 17.5 Å². The first kappa shape index (κ1) is 18.9. The molecule has 0 spiro atoms. The molecule has 2 N–H and O–H groups in total. The summed E-state index contributed by atoms with van der Waals surface area (Å²) >= 11 is 1.53. The van der Waals surface area contributed by atoms with E-state index in [0.717, 1.165) is 16.6 Å². The van der Waals surface area contributed by atoms with E-state index in [2.05, 4.69) is 30.7 Å². The summed E-state index contributed by atoms with van der Waals surface area (Å²) in [6.45, 7) is 1.78. The van der Waals surface area contributed by atoms with Crippen molar-refractivity contribution in [3.63, 3.8) is 0 Å². The molecular formula is C20H14FN7O2S. The number of ether oxygens (including phenoxy) is 1. The molecule has 31 heavy (non-hydrogen) atoms. The van der Waals surface area contributed by atoms with E-state index >= 15 is 0 Å². The van der Waals surface area contributed by atoms with Crippen molar-refractivity contribution in [3.8, 4) is 22.2 Å². The standard InChI is InChI=1S/C20H14FN7O2S/c1-11-24-27-18-20(22-6-7-28(11)18)30-16-5-4-12(9-13(16)21)23-19(29)15-10-14(25-26-15)17-3-2-8-31-17/h2-10H,1H3,(H,23,29)(H,25,26). The number of rotatable bonds is 5. The van der Waals surface area contributed by atoms with Gasteiger partial charge in [-0.15, -0.1) is 21.5 Å². The first-order valence-electron chi connectivity index (χ1n) is 9.13. The van der Waals surface area contributed by atoms with Crippen molar-refractivity contribution in [3.05, 3.63) is 71.5 Å². The van der Waals surface area contributed by atoms with Gasteiger partial charge in [-0.3, -0.25) is 14.3 Å². The molecule has 5 rings (SSSR count). The Morgan fingerprint density at radius 3 is 2.97 bits per heavy atom. The summed E-state index contributed by atoms with van der Waals surface area (Å²) in [4.78, 5) is 17.5. The third-order valence-corrected chi connectivity index (χ3v) is 5.36. The molecule has 0 radical (unpaired) electrons. The average molecular weight is 435 g/mol. The molecule has 154 valence electrons. The van der Waals surface area contributed by atoms with Gasteiger partial charge < -0.3 is 10.1 Å². The fraction of sp³-hybridized carbons (Fsp3) is 0.0500. The Kier molecular flexibility index (Phi) is 4.64. The van der Waals surface area contributed by atoms with Gasteiger partial charge in [0.05, 0.1) is 10.6 Å². The molecule has 9 nitrogen and oxygen atoms in total. The fourth-order valence-corrected chi connectivity index (χ4v) is 3.64. The smallest absolute Gasteiger partial charge is 0.276 e. The predicted octanol–water partition coefficient (Wildman–Crippen LogP) is 4.07. The zero-order valence-corrected chi connectivity index (χ0v) is 16.9. The van der Waals surface area contributed by atoms with Gasteiger partial charge in [0.2, 0.25) is 5.65 Å².